The van der Waals surface area contributed by atoms with Crippen molar-refractivity contribution in [3.8, 4) is 5.82 Å². The first-order valence-corrected chi connectivity index (χ1v) is 9.39. The number of nitrogens with zero attached hydrogens (tertiary/aromatic N) is 6. The van der Waals surface area contributed by atoms with E-state index in [2.05, 4.69) is 20.1 Å². The van der Waals surface area contributed by atoms with Crippen LogP contribution in [0, 0.1) is 12.8 Å². The van der Waals surface area contributed by atoms with Crippen molar-refractivity contribution in [2.45, 2.75) is 32.7 Å². The van der Waals surface area contributed by atoms with E-state index in [4.69, 9.17) is 4.42 Å². The first-order chi connectivity index (χ1) is 13.2. The molecule has 0 aliphatic carbocycles. The van der Waals surface area contributed by atoms with Gasteiger partial charge in [-0.1, -0.05) is 0 Å². The Labute approximate surface area is 157 Å². The second-order valence-corrected chi connectivity index (χ2v) is 7.04. The van der Waals surface area contributed by atoms with Crippen molar-refractivity contribution < 1.29 is 4.42 Å². The van der Waals surface area contributed by atoms with Gasteiger partial charge in [0.1, 0.15) is 5.76 Å². The highest BCUT2D eigenvalue weighted by atomic mass is 16.4. The van der Waals surface area contributed by atoms with Crippen molar-refractivity contribution >= 4 is 0 Å². The minimum Gasteiger partial charge on any atom is -0.446 e. The van der Waals surface area contributed by atoms with Crippen molar-refractivity contribution in [3.05, 3.63) is 58.8 Å². The van der Waals surface area contributed by atoms with Gasteiger partial charge in [-0.15, -0.1) is 5.10 Å². The van der Waals surface area contributed by atoms with E-state index < -0.39 is 0 Å². The van der Waals surface area contributed by atoms with E-state index in [1.54, 1.807) is 27.7 Å². The summed E-state index contributed by atoms with van der Waals surface area (Å²) in [6.45, 7) is 5.57. The standard InChI is InChI=1S/C19H24N6O2/c1-15-20-13-17(27-15)7-12-23-10-5-16(6-11-23)14-25-19(26)4-3-18(22-25)24-9-2-8-21-24/h2-4,8-9,13,16H,5-7,10-12,14H2,1H3. The van der Waals surface area contributed by atoms with Crippen molar-refractivity contribution in [2.24, 2.45) is 5.92 Å². The lowest BCUT2D eigenvalue weighted by Gasteiger charge is -2.31. The summed E-state index contributed by atoms with van der Waals surface area (Å²) in [6, 6.07) is 5.12. The molecule has 1 fully saturated rings. The molecule has 0 amide bonds. The van der Waals surface area contributed by atoms with Crippen LogP contribution in [0.25, 0.3) is 5.82 Å². The van der Waals surface area contributed by atoms with E-state index in [1.165, 1.54) is 0 Å². The van der Waals surface area contributed by atoms with Crippen LogP contribution < -0.4 is 5.56 Å². The smallest absolute Gasteiger partial charge is 0.266 e. The summed E-state index contributed by atoms with van der Waals surface area (Å²) in [5.41, 5.74) is -0.0611. The lowest BCUT2D eigenvalue weighted by atomic mass is 9.96. The van der Waals surface area contributed by atoms with Crippen LogP contribution in [0.4, 0.5) is 0 Å². The monoisotopic (exact) mass is 368 g/mol. The van der Waals surface area contributed by atoms with E-state index in [9.17, 15) is 4.79 Å². The van der Waals surface area contributed by atoms with Crippen LogP contribution >= 0.6 is 0 Å². The largest absolute Gasteiger partial charge is 0.446 e. The molecule has 3 aromatic rings. The van der Waals surface area contributed by atoms with Crippen molar-refractivity contribution in [3.63, 3.8) is 0 Å². The fraction of sp³-hybridized carbons (Fsp3) is 0.474. The Morgan fingerprint density at radius 3 is 2.81 bits per heavy atom. The maximum absolute atomic E-state index is 12.2. The van der Waals surface area contributed by atoms with Crippen LogP contribution in [-0.4, -0.2) is 49.1 Å². The van der Waals surface area contributed by atoms with Gasteiger partial charge in [-0.2, -0.15) is 5.10 Å². The molecule has 0 spiro atoms. The van der Waals surface area contributed by atoms with Crippen LogP contribution in [0.3, 0.4) is 0 Å². The van der Waals surface area contributed by atoms with Crippen molar-refractivity contribution in [1.82, 2.24) is 29.4 Å². The predicted molar refractivity (Wildman–Crippen MR) is 99.7 cm³/mol. The maximum Gasteiger partial charge on any atom is 0.266 e. The first-order valence-electron chi connectivity index (χ1n) is 9.39. The Kier molecular flexibility index (Phi) is 5.15. The molecule has 27 heavy (non-hydrogen) atoms. The normalized spacial score (nSPS) is 16.0. The third-order valence-corrected chi connectivity index (χ3v) is 5.07. The van der Waals surface area contributed by atoms with Crippen LogP contribution in [0.5, 0.6) is 0 Å². The van der Waals surface area contributed by atoms with E-state index in [0.717, 1.165) is 50.5 Å². The van der Waals surface area contributed by atoms with E-state index in [-0.39, 0.29) is 5.56 Å². The molecule has 8 nitrogen and oxygen atoms in total. The second kappa shape index (κ2) is 7.87. The Balaban J connectivity index is 1.31. The summed E-state index contributed by atoms with van der Waals surface area (Å²) >= 11 is 0. The molecular formula is C19H24N6O2. The zero-order valence-corrected chi connectivity index (χ0v) is 15.5. The highest BCUT2D eigenvalue weighted by Gasteiger charge is 2.20. The van der Waals surface area contributed by atoms with Gasteiger partial charge >= 0.3 is 0 Å². The van der Waals surface area contributed by atoms with Crippen LogP contribution in [-0.2, 0) is 13.0 Å². The molecule has 1 aliphatic rings. The second-order valence-electron chi connectivity index (χ2n) is 7.04. The highest BCUT2D eigenvalue weighted by molar-refractivity contribution is 5.17. The van der Waals surface area contributed by atoms with Gasteiger partial charge in [0.2, 0.25) is 0 Å². The molecule has 8 heteroatoms. The Hall–Kier alpha value is -2.74. The summed E-state index contributed by atoms with van der Waals surface area (Å²) in [5, 5.41) is 8.66. The van der Waals surface area contributed by atoms with E-state index in [1.807, 2.05) is 25.4 Å². The summed E-state index contributed by atoms with van der Waals surface area (Å²) in [4.78, 5) is 18.8. The van der Waals surface area contributed by atoms with Gasteiger partial charge in [0, 0.05) is 44.9 Å². The minimum atomic E-state index is -0.0611. The Morgan fingerprint density at radius 1 is 1.26 bits per heavy atom. The zero-order valence-electron chi connectivity index (χ0n) is 15.5. The van der Waals surface area contributed by atoms with Crippen LogP contribution in [0.15, 0.2) is 46.0 Å². The Bertz CT molecular complexity index is 922. The molecule has 1 aliphatic heterocycles. The van der Waals surface area contributed by atoms with E-state index >= 15 is 0 Å². The van der Waals surface area contributed by atoms with Gasteiger partial charge in [-0.05, 0) is 44.0 Å². The van der Waals surface area contributed by atoms with Gasteiger partial charge in [-0.25, -0.2) is 14.3 Å². The summed E-state index contributed by atoms with van der Waals surface area (Å²) in [7, 11) is 0. The summed E-state index contributed by atoms with van der Waals surface area (Å²) in [6.07, 6.45) is 8.36. The lowest BCUT2D eigenvalue weighted by molar-refractivity contribution is 0.169. The third kappa shape index (κ3) is 4.33. The molecular weight excluding hydrogens is 344 g/mol. The van der Waals surface area contributed by atoms with Crippen LogP contribution in [0.2, 0.25) is 0 Å². The quantitative estimate of drug-likeness (QED) is 0.658. The van der Waals surface area contributed by atoms with Gasteiger partial charge < -0.3 is 9.32 Å². The molecule has 0 bridgehead atoms. The molecule has 4 rings (SSSR count). The topological polar surface area (TPSA) is 82.0 Å². The SMILES string of the molecule is Cc1ncc(CCN2CCC(Cn3nc(-n4cccn4)ccc3=O)CC2)o1. The maximum atomic E-state index is 12.2. The molecule has 0 unspecified atom stereocenters. The molecule has 1 saturated heterocycles. The molecule has 0 saturated carbocycles. The van der Waals surface area contributed by atoms with Crippen molar-refractivity contribution in [2.75, 3.05) is 19.6 Å². The number of hydrogen-bond acceptors (Lipinski definition) is 6. The summed E-state index contributed by atoms with van der Waals surface area (Å²) in [5.74, 6) is 2.80. The fourth-order valence-corrected chi connectivity index (χ4v) is 3.52. The predicted octanol–water partition coefficient (Wildman–Crippen LogP) is 1.68. The molecule has 0 aromatic carbocycles. The summed E-state index contributed by atoms with van der Waals surface area (Å²) < 4.78 is 8.79. The third-order valence-electron chi connectivity index (χ3n) is 5.07. The van der Waals surface area contributed by atoms with Gasteiger partial charge in [0.15, 0.2) is 11.7 Å². The average Bonchev–Trinajstić information content (AvgIpc) is 3.35. The van der Waals surface area contributed by atoms with Gasteiger partial charge in [0.05, 0.1) is 6.20 Å². The van der Waals surface area contributed by atoms with Crippen LogP contribution in [0.1, 0.15) is 24.5 Å². The van der Waals surface area contributed by atoms with Crippen molar-refractivity contribution in [1.29, 1.82) is 0 Å². The molecule has 142 valence electrons. The number of hydrogen-bond donors (Lipinski definition) is 0. The molecule has 3 aromatic heterocycles. The Morgan fingerprint density at radius 2 is 2.11 bits per heavy atom. The average molecular weight is 368 g/mol. The highest BCUT2D eigenvalue weighted by Crippen LogP contribution is 2.19. The van der Waals surface area contributed by atoms with E-state index in [0.29, 0.717) is 18.3 Å². The number of likely N-dealkylation sites (tertiary alicyclic amines) is 1. The number of aromatic nitrogens is 5. The molecule has 0 N–H and O–H groups in total. The number of rotatable bonds is 6. The minimum absolute atomic E-state index is 0.0611. The number of oxazole rings is 1. The lowest BCUT2D eigenvalue weighted by Crippen LogP contribution is -2.37. The molecule has 0 radical (unpaired) electrons. The zero-order chi connectivity index (χ0) is 18.6. The van der Waals surface area contributed by atoms with Gasteiger partial charge in [0.25, 0.3) is 5.56 Å². The fourth-order valence-electron chi connectivity index (χ4n) is 3.52. The molecule has 0 atom stereocenters. The van der Waals surface area contributed by atoms with Gasteiger partial charge in [-0.3, -0.25) is 4.79 Å². The molecule has 4 heterocycles. The number of piperidine rings is 1. The number of aryl methyl sites for hydroxylation is 1. The first kappa shape index (κ1) is 17.7.